The normalized spacial score (nSPS) is 11.8. The summed E-state index contributed by atoms with van der Waals surface area (Å²) in [6.07, 6.45) is 4.96. The number of nitrogens with zero attached hydrogens (tertiary/aromatic N) is 6. The molecule has 0 atom stereocenters. The van der Waals surface area contributed by atoms with Crippen LogP contribution in [0.25, 0.3) is 28.3 Å². The number of benzene rings is 1. The number of pyridine rings is 1. The molecule has 0 fully saturated rings. The highest BCUT2D eigenvalue weighted by molar-refractivity contribution is 5.70. The summed E-state index contributed by atoms with van der Waals surface area (Å²) < 4.78 is 15.2. The summed E-state index contributed by atoms with van der Waals surface area (Å²) >= 11 is 0. The predicted octanol–water partition coefficient (Wildman–Crippen LogP) is 3.06. The number of nitrogens with one attached hydrogen (secondary N) is 1. The van der Waals surface area contributed by atoms with E-state index in [4.69, 9.17) is 0 Å². The van der Waals surface area contributed by atoms with Gasteiger partial charge < -0.3 is 0 Å². The number of aryl methyl sites for hydroxylation is 1. The second-order valence-corrected chi connectivity index (χ2v) is 6.67. The van der Waals surface area contributed by atoms with E-state index < -0.39 is 0 Å². The molecule has 1 N–H and O–H groups in total. The van der Waals surface area contributed by atoms with Gasteiger partial charge in [0.05, 0.1) is 30.5 Å². The van der Waals surface area contributed by atoms with Gasteiger partial charge in [0, 0.05) is 11.1 Å². The molecule has 1 aromatic carbocycles. The Balaban J connectivity index is 1.68. The lowest BCUT2D eigenvalue weighted by molar-refractivity contribution is 0.620. The van der Waals surface area contributed by atoms with Crippen molar-refractivity contribution in [1.82, 2.24) is 34.5 Å². The van der Waals surface area contributed by atoms with Crippen LogP contribution in [0.1, 0.15) is 12.5 Å². The average Bonchev–Trinajstić information content (AvgIpc) is 3.39. The van der Waals surface area contributed by atoms with Crippen molar-refractivity contribution in [3.8, 4) is 28.3 Å². The first-order valence-electron chi connectivity index (χ1n) is 8.90. The zero-order valence-corrected chi connectivity index (χ0v) is 15.9. The smallest absolute Gasteiger partial charge is 0.259 e. The lowest BCUT2D eigenvalue weighted by Gasteiger charge is -2.09. The molecule has 0 spiro atoms. The number of allylic oxidation sites excluding steroid dienone is 1. The van der Waals surface area contributed by atoms with Gasteiger partial charge in [-0.2, -0.15) is 10.2 Å². The van der Waals surface area contributed by atoms with Crippen LogP contribution in [0.15, 0.2) is 65.9 Å². The van der Waals surface area contributed by atoms with Crippen LogP contribution in [0.2, 0.25) is 0 Å². The van der Waals surface area contributed by atoms with Gasteiger partial charge in [0.2, 0.25) is 0 Å². The maximum Gasteiger partial charge on any atom is 0.350 e. The number of H-pyrrole nitrogens is 1. The van der Waals surface area contributed by atoms with E-state index in [1.54, 1.807) is 13.1 Å². The molecule has 8 nitrogen and oxygen atoms in total. The Bertz CT molecular complexity index is 1240. The molecule has 0 saturated heterocycles. The summed E-state index contributed by atoms with van der Waals surface area (Å²) in [6.45, 7) is 3.62. The van der Waals surface area contributed by atoms with Crippen LogP contribution in [-0.4, -0.2) is 34.5 Å². The van der Waals surface area contributed by atoms with Crippen molar-refractivity contribution in [3.05, 3.63) is 77.1 Å². The maximum absolute atomic E-state index is 12.6. The van der Waals surface area contributed by atoms with E-state index in [9.17, 15) is 9.18 Å². The first kappa shape index (κ1) is 18.5. The Morgan fingerprint density at radius 3 is 2.79 bits per heavy atom. The number of rotatable bonds is 5. The summed E-state index contributed by atoms with van der Waals surface area (Å²) in [7, 11) is 0. The van der Waals surface area contributed by atoms with Gasteiger partial charge in [0.1, 0.15) is 12.7 Å². The Morgan fingerprint density at radius 1 is 1.24 bits per heavy atom. The highest BCUT2D eigenvalue weighted by Gasteiger charge is 2.12. The minimum absolute atomic E-state index is 0.0985. The topological polar surface area (TPSA) is 94.3 Å². The average molecular weight is 391 g/mol. The fourth-order valence-corrected chi connectivity index (χ4v) is 3.05. The third-order valence-electron chi connectivity index (χ3n) is 4.49. The third-order valence-corrected chi connectivity index (χ3v) is 4.49. The summed E-state index contributed by atoms with van der Waals surface area (Å²) in [6, 6.07) is 9.68. The Hall–Kier alpha value is -3.88. The number of halogens is 1. The van der Waals surface area contributed by atoms with Crippen LogP contribution >= 0.6 is 0 Å². The van der Waals surface area contributed by atoms with Crippen LogP contribution in [0.4, 0.5) is 4.39 Å². The molecule has 0 bridgehead atoms. The van der Waals surface area contributed by atoms with Crippen molar-refractivity contribution in [2.24, 2.45) is 0 Å². The molecule has 4 rings (SSSR count). The van der Waals surface area contributed by atoms with Crippen LogP contribution in [0, 0.1) is 6.92 Å². The minimum atomic E-state index is -0.354. The van der Waals surface area contributed by atoms with Crippen LogP contribution in [0.5, 0.6) is 0 Å². The van der Waals surface area contributed by atoms with Gasteiger partial charge in [0.25, 0.3) is 0 Å². The molecule has 0 aliphatic heterocycles. The zero-order chi connectivity index (χ0) is 20.4. The number of aromatic nitrogens is 7. The number of hydrogen-bond donors (Lipinski definition) is 1. The van der Waals surface area contributed by atoms with Crippen LogP contribution in [-0.2, 0) is 6.54 Å². The summed E-state index contributed by atoms with van der Waals surface area (Å²) in [5.41, 5.74) is 4.18. The van der Waals surface area contributed by atoms with Crippen molar-refractivity contribution >= 4 is 0 Å². The van der Waals surface area contributed by atoms with Gasteiger partial charge in [-0.15, -0.1) is 0 Å². The van der Waals surface area contributed by atoms with E-state index in [1.165, 1.54) is 21.9 Å². The quantitative estimate of drug-likeness (QED) is 0.564. The summed E-state index contributed by atoms with van der Waals surface area (Å²) in [4.78, 5) is 21.3. The van der Waals surface area contributed by atoms with Crippen molar-refractivity contribution in [2.45, 2.75) is 20.4 Å². The van der Waals surface area contributed by atoms with E-state index in [2.05, 4.69) is 25.3 Å². The molecule has 29 heavy (non-hydrogen) atoms. The van der Waals surface area contributed by atoms with Crippen molar-refractivity contribution < 1.29 is 4.39 Å². The lowest BCUT2D eigenvalue weighted by atomic mass is 10.0. The molecule has 4 aromatic rings. The molecule has 0 saturated carbocycles. The molecule has 9 heteroatoms. The summed E-state index contributed by atoms with van der Waals surface area (Å²) in [5.74, 6) is 0.678. The van der Waals surface area contributed by atoms with Gasteiger partial charge >= 0.3 is 5.69 Å². The van der Waals surface area contributed by atoms with Gasteiger partial charge in [-0.1, -0.05) is 18.2 Å². The standard InChI is InChI=1S/C20H18FN7O/c1-13(8-21)10-28-20(29)27(12-25-28)17-6-14(2)18(22-9-17)15-4-3-5-16(7-15)19-23-11-24-26-19/h3-9,11-12H,10H2,1-2H3,(H,23,24,26)/b13-8+. The predicted molar refractivity (Wildman–Crippen MR) is 106 cm³/mol. The van der Waals surface area contributed by atoms with E-state index >= 15 is 0 Å². The highest BCUT2D eigenvalue weighted by atomic mass is 19.1. The fourth-order valence-electron chi connectivity index (χ4n) is 3.05. The summed E-state index contributed by atoms with van der Waals surface area (Å²) in [5, 5.41) is 10.8. The van der Waals surface area contributed by atoms with E-state index in [1.807, 2.05) is 37.3 Å². The Labute approximate surface area is 165 Å². The molecular formula is C20H18FN7O. The fraction of sp³-hybridized carbons (Fsp3) is 0.150. The number of aromatic amines is 1. The molecular weight excluding hydrogens is 373 g/mol. The van der Waals surface area contributed by atoms with Gasteiger partial charge in [-0.05, 0) is 37.1 Å². The maximum atomic E-state index is 12.6. The van der Waals surface area contributed by atoms with Crippen molar-refractivity contribution in [1.29, 1.82) is 0 Å². The molecule has 0 radical (unpaired) electrons. The Morgan fingerprint density at radius 2 is 2.07 bits per heavy atom. The third kappa shape index (κ3) is 3.62. The number of hydrogen-bond acceptors (Lipinski definition) is 5. The van der Waals surface area contributed by atoms with Crippen molar-refractivity contribution in [3.63, 3.8) is 0 Å². The molecule has 0 unspecified atom stereocenters. The minimum Gasteiger partial charge on any atom is -0.259 e. The zero-order valence-electron chi connectivity index (χ0n) is 15.9. The first-order valence-corrected chi connectivity index (χ1v) is 8.90. The molecule has 3 heterocycles. The Kier molecular flexibility index (Phi) is 4.86. The van der Waals surface area contributed by atoms with Gasteiger partial charge in [0.15, 0.2) is 5.82 Å². The van der Waals surface area contributed by atoms with Gasteiger partial charge in [-0.25, -0.2) is 23.4 Å². The van der Waals surface area contributed by atoms with Crippen LogP contribution < -0.4 is 5.69 Å². The highest BCUT2D eigenvalue weighted by Crippen LogP contribution is 2.26. The second kappa shape index (κ2) is 7.63. The van der Waals surface area contributed by atoms with Crippen LogP contribution in [0.3, 0.4) is 0 Å². The lowest BCUT2D eigenvalue weighted by Crippen LogP contribution is -2.24. The van der Waals surface area contributed by atoms with E-state index in [0.717, 1.165) is 22.4 Å². The molecule has 0 aliphatic rings. The first-order chi connectivity index (χ1) is 14.1. The van der Waals surface area contributed by atoms with E-state index in [0.29, 0.717) is 23.4 Å². The van der Waals surface area contributed by atoms with Crippen molar-refractivity contribution in [2.75, 3.05) is 0 Å². The van der Waals surface area contributed by atoms with E-state index in [-0.39, 0.29) is 12.2 Å². The second-order valence-electron chi connectivity index (χ2n) is 6.67. The molecule has 0 aliphatic carbocycles. The monoisotopic (exact) mass is 391 g/mol. The largest absolute Gasteiger partial charge is 0.350 e. The van der Waals surface area contributed by atoms with Gasteiger partial charge in [-0.3, -0.25) is 10.1 Å². The molecule has 3 aromatic heterocycles. The SMILES string of the molecule is C/C(=C\F)Cn1ncn(-c2cnc(-c3cccc(-c4ncn[nH]4)c3)c(C)c2)c1=O. The molecule has 146 valence electrons. The molecule has 0 amide bonds.